The monoisotopic (exact) mass is 486 g/mol. The van der Waals surface area contributed by atoms with Gasteiger partial charge in [0.15, 0.2) is 5.65 Å². The number of fused-ring (bicyclic) bond motifs is 1. The van der Waals surface area contributed by atoms with Crippen molar-refractivity contribution >= 4 is 34.7 Å². The highest BCUT2D eigenvalue weighted by atomic mass is 19.1. The van der Waals surface area contributed by atoms with Crippen LogP contribution in [0, 0.1) is 17.0 Å². The molecule has 0 unspecified atom stereocenters. The van der Waals surface area contributed by atoms with Crippen molar-refractivity contribution in [3.8, 4) is 0 Å². The van der Waals surface area contributed by atoms with Gasteiger partial charge in [-0.2, -0.15) is 4.98 Å². The Morgan fingerprint density at radius 1 is 1.14 bits per heavy atom. The van der Waals surface area contributed by atoms with E-state index in [-0.39, 0.29) is 23.7 Å². The number of aliphatic carboxylic acids is 1. The highest BCUT2D eigenvalue weighted by molar-refractivity contribution is 5.77. The van der Waals surface area contributed by atoms with Crippen LogP contribution >= 0.6 is 0 Å². The molecular weight excluding hydrogens is 458 g/mol. The Morgan fingerprint density at radius 2 is 1.83 bits per heavy atom. The quantitative estimate of drug-likeness (QED) is 0.462. The number of carboxylic acid groups (broad SMARTS) is 1. The van der Waals surface area contributed by atoms with Gasteiger partial charge < -0.3 is 20.5 Å². The summed E-state index contributed by atoms with van der Waals surface area (Å²) in [6.07, 6.45) is 5.35. The Hall–Kier alpha value is -3.34. The molecule has 1 aliphatic carbocycles. The molecule has 186 valence electrons. The molecule has 0 bridgehead atoms. The molecule has 3 aromatic rings. The second-order valence-corrected chi connectivity index (χ2v) is 9.56. The van der Waals surface area contributed by atoms with Gasteiger partial charge in [0.1, 0.15) is 22.8 Å². The zero-order valence-corrected chi connectivity index (χ0v) is 19.4. The predicted molar refractivity (Wildman–Crippen MR) is 126 cm³/mol. The van der Waals surface area contributed by atoms with Crippen molar-refractivity contribution in [2.24, 2.45) is 5.41 Å². The number of anilines is 3. The molecule has 1 aromatic carbocycles. The molecule has 1 aliphatic heterocycles. The summed E-state index contributed by atoms with van der Waals surface area (Å²) in [5.74, 6) is -1.60. The minimum absolute atomic E-state index is 0.143. The van der Waals surface area contributed by atoms with Crippen molar-refractivity contribution in [1.82, 2.24) is 19.5 Å². The number of imidazole rings is 1. The molecule has 1 saturated heterocycles. The van der Waals surface area contributed by atoms with Crippen LogP contribution in [-0.2, 0) is 9.53 Å². The van der Waals surface area contributed by atoms with E-state index >= 15 is 0 Å². The van der Waals surface area contributed by atoms with Gasteiger partial charge in [-0.25, -0.2) is 18.7 Å². The maximum Gasteiger partial charge on any atom is 0.309 e. The Labute approximate surface area is 200 Å². The molecule has 0 amide bonds. The third-order valence-electron chi connectivity index (χ3n) is 7.13. The van der Waals surface area contributed by atoms with Crippen molar-refractivity contribution < 1.29 is 23.4 Å². The molecule has 0 radical (unpaired) electrons. The zero-order valence-electron chi connectivity index (χ0n) is 19.4. The van der Waals surface area contributed by atoms with Gasteiger partial charge in [0.25, 0.3) is 0 Å². The summed E-state index contributed by atoms with van der Waals surface area (Å²) < 4.78 is 36.1. The molecule has 35 heavy (non-hydrogen) atoms. The molecule has 3 N–H and O–H groups in total. The summed E-state index contributed by atoms with van der Waals surface area (Å²) in [5, 5.41) is 15.8. The van der Waals surface area contributed by atoms with Crippen molar-refractivity contribution in [2.75, 3.05) is 23.8 Å². The Kier molecular flexibility index (Phi) is 6.26. The van der Waals surface area contributed by atoms with Gasteiger partial charge in [0, 0.05) is 25.3 Å². The van der Waals surface area contributed by atoms with E-state index in [1.54, 1.807) is 13.1 Å². The molecule has 1 saturated carbocycles. The summed E-state index contributed by atoms with van der Waals surface area (Å²) in [6.45, 7) is 3.10. The van der Waals surface area contributed by atoms with Gasteiger partial charge in [0.2, 0.25) is 11.9 Å². The largest absolute Gasteiger partial charge is 0.481 e. The summed E-state index contributed by atoms with van der Waals surface area (Å²) >= 11 is 0. The number of halogens is 2. The lowest BCUT2D eigenvalue weighted by Crippen LogP contribution is -2.33. The summed E-state index contributed by atoms with van der Waals surface area (Å²) in [5.41, 5.74) is -0.0992. The first kappa shape index (κ1) is 23.4. The number of aromatic nitrogens is 4. The Balaban J connectivity index is 1.53. The lowest BCUT2D eigenvalue weighted by molar-refractivity contribution is -0.150. The SMILES string of the molecule is C[C@]1(C(=O)O)CC[C@@H](n2c(Nc3c(F)cccc3F)nc3cnc(NC4CCOCC4)nc32)CC1. The number of ether oxygens (including phenoxy) is 1. The van der Waals surface area contributed by atoms with Gasteiger partial charge in [-0.15, -0.1) is 0 Å². The van der Waals surface area contributed by atoms with E-state index in [9.17, 15) is 18.7 Å². The van der Waals surface area contributed by atoms with Crippen LogP contribution in [0.5, 0.6) is 0 Å². The molecule has 0 spiro atoms. The van der Waals surface area contributed by atoms with Crippen molar-refractivity contribution in [3.63, 3.8) is 0 Å². The van der Waals surface area contributed by atoms with E-state index in [4.69, 9.17) is 9.72 Å². The van der Waals surface area contributed by atoms with Gasteiger partial charge in [-0.3, -0.25) is 9.36 Å². The fourth-order valence-corrected chi connectivity index (χ4v) is 4.86. The number of hydrogen-bond donors (Lipinski definition) is 3. The number of para-hydroxylation sites is 1. The number of benzene rings is 1. The van der Waals surface area contributed by atoms with E-state index in [1.807, 2.05) is 4.57 Å². The van der Waals surface area contributed by atoms with Crippen LogP contribution in [0.1, 0.15) is 51.5 Å². The van der Waals surface area contributed by atoms with Crippen molar-refractivity contribution in [2.45, 2.75) is 57.5 Å². The number of rotatable bonds is 6. The first-order valence-electron chi connectivity index (χ1n) is 11.9. The highest BCUT2D eigenvalue weighted by Crippen LogP contribution is 2.43. The Bertz CT molecular complexity index is 1220. The van der Waals surface area contributed by atoms with Crippen LogP contribution in [0.2, 0.25) is 0 Å². The number of carboxylic acids is 1. The maximum absolute atomic E-state index is 14.4. The number of nitrogens with zero attached hydrogens (tertiary/aromatic N) is 4. The van der Waals surface area contributed by atoms with Crippen LogP contribution < -0.4 is 10.6 Å². The third kappa shape index (κ3) is 4.64. The second-order valence-electron chi connectivity index (χ2n) is 9.56. The fourth-order valence-electron chi connectivity index (χ4n) is 4.86. The van der Waals surface area contributed by atoms with Gasteiger partial charge in [-0.1, -0.05) is 6.07 Å². The third-order valence-corrected chi connectivity index (χ3v) is 7.13. The fraction of sp³-hybridized carbons (Fsp3) is 0.500. The molecule has 3 heterocycles. The van der Waals surface area contributed by atoms with Gasteiger partial charge in [0.05, 0.1) is 11.6 Å². The molecule has 2 aromatic heterocycles. The van der Waals surface area contributed by atoms with E-state index in [1.165, 1.54) is 18.2 Å². The van der Waals surface area contributed by atoms with Crippen LogP contribution in [0.25, 0.3) is 11.2 Å². The average Bonchev–Trinajstić information content (AvgIpc) is 3.20. The van der Waals surface area contributed by atoms with Crippen LogP contribution in [-0.4, -0.2) is 49.9 Å². The van der Waals surface area contributed by atoms with E-state index in [0.29, 0.717) is 56.0 Å². The highest BCUT2D eigenvalue weighted by Gasteiger charge is 2.39. The van der Waals surface area contributed by atoms with E-state index in [2.05, 4.69) is 20.6 Å². The molecule has 2 aliphatic rings. The first-order chi connectivity index (χ1) is 16.8. The summed E-state index contributed by atoms with van der Waals surface area (Å²) in [4.78, 5) is 25.4. The topological polar surface area (TPSA) is 114 Å². The standard InChI is InChI=1S/C24H28F2N6O3/c1-24(21(33)34)9-5-15(6-10-24)32-20-18(13-27-22(31-20)28-14-7-11-35-12-8-14)29-23(32)30-19-16(25)3-2-4-17(19)26/h2-4,13-15H,5-12H2,1H3,(H,29,30)(H,33,34)(H,27,28,31)/t15-,24+. The zero-order chi connectivity index (χ0) is 24.6. The van der Waals surface area contributed by atoms with Crippen LogP contribution in [0.3, 0.4) is 0 Å². The molecule has 2 fully saturated rings. The first-order valence-corrected chi connectivity index (χ1v) is 11.9. The van der Waals surface area contributed by atoms with Crippen LogP contribution in [0.4, 0.5) is 26.4 Å². The molecule has 11 heteroatoms. The Morgan fingerprint density at radius 3 is 2.49 bits per heavy atom. The number of carbonyl (C=O) groups is 1. The molecule has 5 rings (SSSR count). The molecule has 0 atom stereocenters. The normalized spacial score (nSPS) is 23.3. The molecule has 9 nitrogen and oxygen atoms in total. The minimum Gasteiger partial charge on any atom is -0.481 e. The van der Waals surface area contributed by atoms with E-state index in [0.717, 1.165) is 12.8 Å². The van der Waals surface area contributed by atoms with Gasteiger partial charge in [-0.05, 0) is 57.6 Å². The number of hydrogen-bond acceptors (Lipinski definition) is 7. The maximum atomic E-state index is 14.4. The second kappa shape index (κ2) is 9.37. The van der Waals surface area contributed by atoms with Crippen molar-refractivity contribution in [3.05, 3.63) is 36.0 Å². The summed E-state index contributed by atoms with van der Waals surface area (Å²) in [7, 11) is 0. The van der Waals surface area contributed by atoms with Crippen molar-refractivity contribution in [1.29, 1.82) is 0 Å². The minimum atomic E-state index is -0.816. The van der Waals surface area contributed by atoms with E-state index < -0.39 is 23.0 Å². The number of nitrogens with one attached hydrogen (secondary N) is 2. The lowest BCUT2D eigenvalue weighted by Gasteiger charge is -2.35. The van der Waals surface area contributed by atoms with Gasteiger partial charge >= 0.3 is 5.97 Å². The molecular formula is C24H28F2N6O3. The van der Waals surface area contributed by atoms with Crippen LogP contribution in [0.15, 0.2) is 24.4 Å². The average molecular weight is 487 g/mol. The summed E-state index contributed by atoms with van der Waals surface area (Å²) in [6, 6.07) is 3.69. The smallest absolute Gasteiger partial charge is 0.309 e. The predicted octanol–water partition coefficient (Wildman–Crippen LogP) is 4.65. The lowest BCUT2D eigenvalue weighted by atomic mass is 9.74.